The first-order chi connectivity index (χ1) is 6.16. The van der Waals surface area contributed by atoms with Crippen LogP contribution in [0.2, 0.25) is 0 Å². The molecular weight excluding hydrogens is 172 g/mol. The highest BCUT2D eigenvalue weighted by Crippen LogP contribution is 1.90. The molecule has 13 heavy (non-hydrogen) atoms. The summed E-state index contributed by atoms with van der Waals surface area (Å²) >= 11 is 0. The fourth-order valence-electron chi connectivity index (χ4n) is 0.528. The molecule has 0 rings (SSSR count). The molecule has 0 aromatic heterocycles. The Kier molecular flexibility index (Phi) is 6.23. The van der Waals surface area contributed by atoms with Gasteiger partial charge in [0, 0.05) is 12.2 Å². The molecule has 0 aliphatic heterocycles. The molecule has 0 fully saturated rings. The van der Waals surface area contributed by atoms with Crippen LogP contribution in [0, 0.1) is 0 Å². The van der Waals surface area contributed by atoms with Crippen molar-refractivity contribution in [2.24, 2.45) is 0 Å². The van der Waals surface area contributed by atoms with Crippen molar-refractivity contribution in [2.45, 2.75) is 19.8 Å². The van der Waals surface area contributed by atoms with Gasteiger partial charge in [-0.3, -0.25) is 0 Å². The molecule has 0 aliphatic carbocycles. The lowest BCUT2D eigenvalue weighted by molar-refractivity contribution is -0.134. The van der Waals surface area contributed by atoms with E-state index in [0.29, 0.717) is 0 Å². The number of carbonyl (C=O) groups is 2. The van der Waals surface area contributed by atoms with Gasteiger partial charge in [0.1, 0.15) is 0 Å². The minimum absolute atomic E-state index is 0.685. The van der Waals surface area contributed by atoms with Crippen molar-refractivity contribution in [3.63, 3.8) is 0 Å². The number of rotatable bonds is 5. The molecule has 4 heteroatoms. The molecule has 0 atom stereocenters. The van der Waals surface area contributed by atoms with E-state index in [0.717, 1.165) is 25.0 Å². The second-order valence-electron chi connectivity index (χ2n) is 2.27. The van der Waals surface area contributed by atoms with Crippen molar-refractivity contribution in [1.82, 2.24) is 0 Å². The summed E-state index contributed by atoms with van der Waals surface area (Å²) in [4.78, 5) is 20.7. The summed E-state index contributed by atoms with van der Waals surface area (Å²) in [5.41, 5.74) is 0. The number of carboxylic acid groups (broad SMARTS) is 1. The van der Waals surface area contributed by atoms with Gasteiger partial charge in [-0.25, -0.2) is 9.59 Å². The molecule has 0 bridgehead atoms. The van der Waals surface area contributed by atoms with Crippen LogP contribution in [0.3, 0.4) is 0 Å². The van der Waals surface area contributed by atoms with Gasteiger partial charge in [-0.1, -0.05) is 13.3 Å². The van der Waals surface area contributed by atoms with Crippen molar-refractivity contribution in [3.8, 4) is 0 Å². The van der Waals surface area contributed by atoms with Crippen LogP contribution in [-0.4, -0.2) is 17.0 Å². The third-order valence-electron chi connectivity index (χ3n) is 1.10. The lowest BCUT2D eigenvalue weighted by Gasteiger charge is -1.90. The van der Waals surface area contributed by atoms with E-state index in [1.807, 2.05) is 6.92 Å². The van der Waals surface area contributed by atoms with Crippen molar-refractivity contribution in [2.75, 3.05) is 0 Å². The maximum atomic E-state index is 10.7. The lowest BCUT2D eigenvalue weighted by Crippen LogP contribution is -1.96. The van der Waals surface area contributed by atoms with Crippen molar-refractivity contribution in [3.05, 3.63) is 24.5 Å². The summed E-state index contributed by atoms with van der Waals surface area (Å²) < 4.78 is 4.52. The third-order valence-corrected chi connectivity index (χ3v) is 1.10. The smallest absolute Gasteiger partial charge is 0.335 e. The Morgan fingerprint density at radius 1 is 1.38 bits per heavy atom. The van der Waals surface area contributed by atoms with Crippen LogP contribution < -0.4 is 0 Å². The Hall–Kier alpha value is -1.58. The van der Waals surface area contributed by atoms with Gasteiger partial charge >= 0.3 is 11.9 Å². The average Bonchev–Trinajstić information content (AvgIpc) is 2.09. The molecule has 0 spiro atoms. The van der Waals surface area contributed by atoms with Crippen molar-refractivity contribution in [1.29, 1.82) is 0 Å². The molecule has 1 N–H and O–H groups in total. The number of aliphatic carboxylic acids is 1. The standard InChI is InChI=1S/C9H12O4/c1-2-3-4-7-13-9(12)6-5-8(10)11/h4-7H,2-3H2,1H3,(H,10,11)/b6-5-,7-4?. The largest absolute Gasteiger partial charge is 0.478 e. The van der Waals surface area contributed by atoms with E-state index in [9.17, 15) is 9.59 Å². The van der Waals surface area contributed by atoms with Crippen molar-refractivity contribution < 1.29 is 19.4 Å². The number of hydrogen-bond donors (Lipinski definition) is 1. The second-order valence-corrected chi connectivity index (χ2v) is 2.27. The summed E-state index contributed by atoms with van der Waals surface area (Å²) in [6.07, 6.45) is 6.36. The maximum absolute atomic E-state index is 10.7. The molecular formula is C9H12O4. The molecule has 0 amide bonds. The summed E-state index contributed by atoms with van der Waals surface area (Å²) in [6.45, 7) is 2.00. The quantitative estimate of drug-likeness (QED) is 0.399. The summed E-state index contributed by atoms with van der Waals surface area (Å²) in [7, 11) is 0. The van der Waals surface area contributed by atoms with Gasteiger partial charge in [-0.15, -0.1) is 0 Å². The molecule has 0 unspecified atom stereocenters. The molecule has 0 aliphatic rings. The Labute approximate surface area is 76.5 Å². The molecule has 0 aromatic carbocycles. The van der Waals surface area contributed by atoms with E-state index in [4.69, 9.17) is 5.11 Å². The van der Waals surface area contributed by atoms with Gasteiger partial charge in [0.25, 0.3) is 0 Å². The number of ether oxygens (including phenoxy) is 1. The second kappa shape index (κ2) is 7.09. The predicted octanol–water partition coefficient (Wildman–Crippen LogP) is 1.48. The van der Waals surface area contributed by atoms with Crippen LogP contribution in [-0.2, 0) is 14.3 Å². The number of carboxylic acids is 1. The van der Waals surface area contributed by atoms with Crippen LogP contribution in [0.5, 0.6) is 0 Å². The van der Waals surface area contributed by atoms with Crippen LogP contribution in [0.25, 0.3) is 0 Å². The first-order valence-corrected chi connectivity index (χ1v) is 3.93. The van der Waals surface area contributed by atoms with Crippen molar-refractivity contribution >= 4 is 11.9 Å². The van der Waals surface area contributed by atoms with Gasteiger partial charge in [0.05, 0.1) is 6.26 Å². The zero-order valence-electron chi connectivity index (χ0n) is 7.40. The fourth-order valence-corrected chi connectivity index (χ4v) is 0.528. The molecule has 0 radical (unpaired) electrons. The molecule has 0 saturated heterocycles. The van der Waals surface area contributed by atoms with Gasteiger partial charge in [-0.05, 0) is 12.5 Å². The van der Waals surface area contributed by atoms with E-state index < -0.39 is 11.9 Å². The topological polar surface area (TPSA) is 63.6 Å². The van der Waals surface area contributed by atoms with Gasteiger partial charge < -0.3 is 9.84 Å². The van der Waals surface area contributed by atoms with Crippen LogP contribution in [0.15, 0.2) is 24.5 Å². The van der Waals surface area contributed by atoms with E-state index in [1.54, 1.807) is 6.08 Å². The molecule has 72 valence electrons. The summed E-state index contributed by atoms with van der Waals surface area (Å²) in [5, 5.41) is 8.16. The number of hydrogen-bond acceptors (Lipinski definition) is 3. The van der Waals surface area contributed by atoms with E-state index in [2.05, 4.69) is 4.74 Å². The average molecular weight is 184 g/mol. The number of esters is 1. The summed E-state index contributed by atoms with van der Waals surface area (Å²) in [6, 6.07) is 0. The molecule has 0 aromatic rings. The highest BCUT2D eigenvalue weighted by atomic mass is 16.5. The Morgan fingerprint density at radius 3 is 2.62 bits per heavy atom. The normalized spacial score (nSPS) is 10.8. The van der Waals surface area contributed by atoms with Gasteiger partial charge in [0.2, 0.25) is 0 Å². The molecule has 0 saturated carbocycles. The first kappa shape index (κ1) is 11.4. The Balaban J connectivity index is 3.69. The third kappa shape index (κ3) is 8.33. The fraction of sp³-hybridized carbons (Fsp3) is 0.333. The number of allylic oxidation sites excluding steroid dienone is 1. The monoisotopic (exact) mass is 184 g/mol. The van der Waals surface area contributed by atoms with E-state index in [1.165, 1.54) is 6.26 Å². The summed E-state index contributed by atoms with van der Waals surface area (Å²) in [5.74, 6) is -1.86. The highest BCUT2D eigenvalue weighted by Gasteiger charge is 1.94. The SMILES string of the molecule is CCCC=COC(=O)/C=C\C(=O)O. The molecule has 0 heterocycles. The number of unbranched alkanes of at least 4 members (excludes halogenated alkanes) is 1. The zero-order chi connectivity index (χ0) is 10.1. The van der Waals surface area contributed by atoms with Gasteiger partial charge in [-0.2, -0.15) is 0 Å². The Bertz CT molecular complexity index is 228. The van der Waals surface area contributed by atoms with Crippen LogP contribution in [0.4, 0.5) is 0 Å². The lowest BCUT2D eigenvalue weighted by atomic mass is 10.3. The Morgan fingerprint density at radius 2 is 2.08 bits per heavy atom. The van der Waals surface area contributed by atoms with E-state index in [-0.39, 0.29) is 0 Å². The first-order valence-electron chi connectivity index (χ1n) is 3.93. The number of carbonyl (C=O) groups excluding carboxylic acids is 1. The van der Waals surface area contributed by atoms with Gasteiger partial charge in [0.15, 0.2) is 0 Å². The minimum Gasteiger partial charge on any atom is -0.478 e. The minimum atomic E-state index is -1.17. The van der Waals surface area contributed by atoms with Crippen LogP contribution >= 0.6 is 0 Å². The highest BCUT2D eigenvalue weighted by molar-refractivity contribution is 5.90. The van der Waals surface area contributed by atoms with Crippen LogP contribution in [0.1, 0.15) is 19.8 Å². The maximum Gasteiger partial charge on any atom is 0.335 e. The predicted molar refractivity (Wildman–Crippen MR) is 46.9 cm³/mol. The van der Waals surface area contributed by atoms with E-state index >= 15 is 0 Å². The zero-order valence-corrected chi connectivity index (χ0v) is 7.40. The molecule has 4 nitrogen and oxygen atoms in total.